The summed E-state index contributed by atoms with van der Waals surface area (Å²) in [6.45, 7) is 8.34. The number of rotatable bonds is 29. The fourth-order valence-corrected chi connectivity index (χ4v) is 7.73. The molecule has 62 heavy (non-hydrogen) atoms. The third-order valence-corrected chi connectivity index (χ3v) is 11.4. The molecule has 3 aromatic rings. The summed E-state index contributed by atoms with van der Waals surface area (Å²) in [6, 6.07) is 7.02. The number of aliphatic carboxylic acids is 2. The number of carboxylic acid groups (broad SMARTS) is 2. The number of nitrogens with one attached hydrogen (secondary N) is 3. The lowest BCUT2D eigenvalue weighted by molar-refractivity contribution is -0.138. The number of methoxy groups -OCH3 is 1. The van der Waals surface area contributed by atoms with Crippen molar-refractivity contribution in [3.63, 3.8) is 0 Å². The molecule has 3 heterocycles. The Bertz CT molecular complexity index is 1930. The van der Waals surface area contributed by atoms with Gasteiger partial charge in [-0.1, -0.05) is 31.9 Å². The van der Waals surface area contributed by atoms with Crippen LogP contribution < -0.4 is 32.2 Å². The summed E-state index contributed by atoms with van der Waals surface area (Å²) in [7, 11) is 1.68. The van der Waals surface area contributed by atoms with Gasteiger partial charge in [0.15, 0.2) is 5.82 Å². The number of benzene rings is 1. The van der Waals surface area contributed by atoms with E-state index in [0.717, 1.165) is 90.9 Å². The number of nitrogens with two attached hydrogens (primary N) is 2. The van der Waals surface area contributed by atoms with E-state index in [1.165, 1.54) is 0 Å². The first-order chi connectivity index (χ1) is 29.9. The van der Waals surface area contributed by atoms with Gasteiger partial charge in [-0.3, -0.25) is 28.9 Å². The van der Waals surface area contributed by atoms with Crippen molar-refractivity contribution < 1.29 is 48.4 Å². The van der Waals surface area contributed by atoms with Gasteiger partial charge in [0, 0.05) is 76.3 Å². The highest BCUT2D eigenvalue weighted by atomic mass is 32.2. The van der Waals surface area contributed by atoms with Crippen LogP contribution >= 0.6 is 11.8 Å². The fraction of sp³-hybridized carbons (Fsp3) is 0.585. The van der Waals surface area contributed by atoms with Gasteiger partial charge in [0.05, 0.1) is 63.7 Å². The van der Waals surface area contributed by atoms with E-state index in [2.05, 4.69) is 60.5 Å². The molecule has 0 aliphatic carbocycles. The molecule has 0 spiro atoms. The van der Waals surface area contributed by atoms with Gasteiger partial charge in [0.2, 0.25) is 23.7 Å². The first-order valence-corrected chi connectivity index (χ1v) is 22.0. The van der Waals surface area contributed by atoms with Crippen molar-refractivity contribution in [2.75, 3.05) is 96.2 Å². The van der Waals surface area contributed by atoms with Gasteiger partial charge in [-0.25, -0.2) is 4.98 Å². The van der Waals surface area contributed by atoms with Crippen molar-refractivity contribution in [1.29, 1.82) is 0 Å². The molecule has 0 unspecified atom stereocenters. The Morgan fingerprint density at radius 3 is 2.37 bits per heavy atom. The van der Waals surface area contributed by atoms with Gasteiger partial charge in [0.25, 0.3) is 0 Å². The minimum atomic E-state index is -1.26. The van der Waals surface area contributed by atoms with Crippen LogP contribution in [-0.4, -0.2) is 161 Å². The summed E-state index contributed by atoms with van der Waals surface area (Å²) in [5, 5.41) is 25.5. The molecule has 21 heteroatoms. The van der Waals surface area contributed by atoms with Gasteiger partial charge >= 0.3 is 11.9 Å². The Hall–Kier alpha value is -5.22. The minimum Gasteiger partial charge on any atom is -0.496 e. The zero-order valence-corrected chi connectivity index (χ0v) is 36.5. The van der Waals surface area contributed by atoms with Crippen molar-refractivity contribution in [3.05, 3.63) is 41.6 Å². The molecule has 1 aromatic carbocycles. The maximum absolute atomic E-state index is 12.9. The fourth-order valence-electron chi connectivity index (χ4n) is 6.66. The molecule has 4 rings (SSSR count). The third kappa shape index (κ3) is 16.6. The molecule has 1 fully saturated rings. The second-order valence-corrected chi connectivity index (χ2v) is 16.0. The number of nitrogen functional groups attached to an aromatic ring is 1. The lowest BCUT2D eigenvalue weighted by Gasteiger charge is -2.35. The number of piperazine rings is 1. The molecule has 2 atom stereocenters. The second-order valence-electron chi connectivity index (χ2n) is 14.8. The van der Waals surface area contributed by atoms with Crippen molar-refractivity contribution >= 4 is 64.2 Å². The van der Waals surface area contributed by atoms with Crippen LogP contribution in [0.15, 0.2) is 30.5 Å². The smallest absolute Gasteiger partial charge is 0.321 e. The standard InChI is InChI=1S/C41H62N10O10S/c1-3-4-5-11-45-38-37-31(47-41(43)48-38)9-14-51(37)26-29-7-6-28(23-32(29)59-2)25-49-15-17-50(18-16-49)35(53)10-19-60-21-22-61-20-13-44-34(52)8-12-46-39(56)33(24-36(54)55)62-27-30(42)40(57)58/h6-7,9,14,23,30,33H,3-5,8,10-13,15-22,24-27,42H2,1-2H3,(H,44,52)(H,46,56)(H,54,55)(H,57,58)(H3,43,45,47,48)/t30-,33-/m0/s1. The van der Waals surface area contributed by atoms with E-state index in [-0.39, 0.29) is 69.3 Å². The topological polar surface area (TPSA) is 279 Å². The van der Waals surface area contributed by atoms with Gasteiger partial charge < -0.3 is 61.3 Å². The first-order valence-electron chi connectivity index (χ1n) is 20.9. The second kappa shape index (κ2) is 26.3. The summed E-state index contributed by atoms with van der Waals surface area (Å²) in [4.78, 5) is 72.5. The van der Waals surface area contributed by atoms with Crippen LogP contribution in [0, 0.1) is 0 Å². The number of nitrogens with zero attached hydrogens (tertiary/aromatic N) is 5. The number of amides is 3. The average molecular weight is 887 g/mol. The largest absolute Gasteiger partial charge is 0.496 e. The van der Waals surface area contributed by atoms with Crippen LogP contribution in [0.1, 0.15) is 56.6 Å². The summed E-state index contributed by atoms with van der Waals surface area (Å²) >= 11 is 0.836. The quantitative estimate of drug-likeness (QED) is 0.0485. The highest BCUT2D eigenvalue weighted by Crippen LogP contribution is 2.28. The van der Waals surface area contributed by atoms with Crippen LogP contribution in [0.4, 0.5) is 11.8 Å². The number of anilines is 2. The number of thioether (sulfide) groups is 1. The summed E-state index contributed by atoms with van der Waals surface area (Å²) in [6.07, 6.45) is 5.03. The molecular weight excluding hydrogens is 825 g/mol. The molecule has 3 amide bonds. The molecule has 0 radical (unpaired) electrons. The number of carbonyl (C=O) groups is 5. The Morgan fingerprint density at radius 1 is 0.903 bits per heavy atom. The molecule has 1 aliphatic heterocycles. The number of ether oxygens (including phenoxy) is 3. The number of hydrogen-bond acceptors (Lipinski definition) is 15. The highest BCUT2D eigenvalue weighted by molar-refractivity contribution is 8.00. The van der Waals surface area contributed by atoms with Gasteiger partial charge in [0.1, 0.15) is 17.3 Å². The number of unbranched alkanes of at least 4 members (excludes halogenated alkanes) is 2. The number of fused-ring (bicyclic) bond motifs is 1. The van der Waals surface area contributed by atoms with E-state index < -0.39 is 35.6 Å². The Morgan fingerprint density at radius 2 is 1.66 bits per heavy atom. The molecule has 2 aromatic heterocycles. The number of carboxylic acids is 2. The van der Waals surface area contributed by atoms with Crippen molar-refractivity contribution in [2.24, 2.45) is 5.73 Å². The lowest BCUT2D eigenvalue weighted by Crippen LogP contribution is -2.48. The van der Waals surface area contributed by atoms with Crippen LogP contribution in [0.2, 0.25) is 0 Å². The zero-order valence-electron chi connectivity index (χ0n) is 35.6. The van der Waals surface area contributed by atoms with E-state index in [9.17, 15) is 24.0 Å². The maximum Gasteiger partial charge on any atom is 0.321 e. The number of hydrogen-bond donors (Lipinski definition) is 7. The normalized spacial score (nSPS) is 14.0. The molecule has 1 aliphatic rings. The molecule has 0 saturated carbocycles. The predicted octanol–water partition coefficient (Wildman–Crippen LogP) is 1.35. The maximum atomic E-state index is 12.9. The average Bonchev–Trinajstić information content (AvgIpc) is 3.65. The molecular formula is C41H62N10O10S. The molecule has 1 saturated heterocycles. The number of aromatic nitrogens is 3. The van der Waals surface area contributed by atoms with Gasteiger partial charge in [-0.05, 0) is 24.1 Å². The molecule has 20 nitrogen and oxygen atoms in total. The molecule has 9 N–H and O–H groups in total. The Balaban J connectivity index is 1.07. The minimum absolute atomic E-state index is 0.0268. The predicted molar refractivity (Wildman–Crippen MR) is 235 cm³/mol. The first kappa shape index (κ1) is 49.4. The highest BCUT2D eigenvalue weighted by Gasteiger charge is 2.25. The molecule has 0 bridgehead atoms. The monoisotopic (exact) mass is 886 g/mol. The zero-order chi connectivity index (χ0) is 44.9. The number of carbonyl (C=O) groups excluding carboxylic acids is 3. The van der Waals surface area contributed by atoms with Gasteiger partial charge in [-0.2, -0.15) is 4.98 Å². The lowest BCUT2D eigenvalue weighted by atomic mass is 10.1. The summed E-state index contributed by atoms with van der Waals surface area (Å²) in [5.74, 6) is -1.76. The SMILES string of the molecule is CCCCCNc1nc(N)nc2ccn(Cc3ccc(CN4CCN(C(=O)CCOCCOCCNC(=O)CCNC(=O)[C@H](CC(=O)O)SC[C@H](N)C(=O)O)CC4)cc3OC)c12. The van der Waals surface area contributed by atoms with Crippen molar-refractivity contribution in [1.82, 2.24) is 35.0 Å². The van der Waals surface area contributed by atoms with Crippen molar-refractivity contribution in [2.45, 2.75) is 69.8 Å². The van der Waals surface area contributed by atoms with Crippen molar-refractivity contribution in [3.8, 4) is 5.75 Å². The van der Waals surface area contributed by atoms with Crippen LogP contribution in [0.5, 0.6) is 5.75 Å². The van der Waals surface area contributed by atoms with E-state index in [1.807, 2.05) is 17.2 Å². The van der Waals surface area contributed by atoms with E-state index in [0.29, 0.717) is 26.2 Å². The van der Waals surface area contributed by atoms with Gasteiger partial charge in [-0.15, -0.1) is 11.8 Å². The summed E-state index contributed by atoms with van der Waals surface area (Å²) in [5.41, 5.74) is 15.3. The van der Waals surface area contributed by atoms with E-state index >= 15 is 0 Å². The Labute approximate surface area is 365 Å². The summed E-state index contributed by atoms with van der Waals surface area (Å²) < 4.78 is 19.0. The van der Waals surface area contributed by atoms with Crippen LogP contribution in [0.3, 0.4) is 0 Å². The molecule has 342 valence electrons. The van der Waals surface area contributed by atoms with E-state index in [1.54, 1.807) is 7.11 Å². The van der Waals surface area contributed by atoms with Crippen LogP contribution in [-0.2, 0) is 46.5 Å². The van der Waals surface area contributed by atoms with E-state index in [4.69, 9.17) is 35.9 Å². The third-order valence-electron chi connectivity index (χ3n) is 10.0. The van der Waals surface area contributed by atoms with Crippen LogP contribution in [0.25, 0.3) is 11.0 Å². The Kier molecular flexibility index (Phi) is 21.0.